The normalized spacial score (nSPS) is 12.7. The van der Waals surface area contributed by atoms with Gasteiger partial charge in [0.1, 0.15) is 17.1 Å². The molecule has 2 aromatic carbocycles. The number of pyridine rings is 1. The van der Waals surface area contributed by atoms with Gasteiger partial charge in [-0.05, 0) is 47.5 Å². The number of methoxy groups -OCH3 is 1. The Balaban J connectivity index is 1.63. The van der Waals surface area contributed by atoms with Crippen LogP contribution < -0.4 is 15.6 Å². The summed E-state index contributed by atoms with van der Waals surface area (Å²) < 4.78 is 6.52. The lowest BCUT2D eigenvalue weighted by Crippen LogP contribution is -2.31. The van der Waals surface area contributed by atoms with E-state index in [0.29, 0.717) is 16.9 Å². The van der Waals surface area contributed by atoms with E-state index in [-0.39, 0.29) is 29.9 Å². The molecule has 9 heteroatoms. The van der Waals surface area contributed by atoms with E-state index in [0.717, 1.165) is 0 Å². The molecule has 2 atom stereocenters. The highest BCUT2D eigenvalue weighted by Crippen LogP contribution is 2.32. The third kappa shape index (κ3) is 5.25. The molecular weight excluding hydrogens is 450 g/mol. The van der Waals surface area contributed by atoms with Gasteiger partial charge in [0.2, 0.25) is 11.8 Å². The molecule has 0 aliphatic carbocycles. The molecule has 2 heterocycles. The number of aliphatic hydroxyl groups is 1. The number of carbonyl (C=O) groups excluding carboxylic acids is 1. The second-order valence-electron chi connectivity index (χ2n) is 8.03. The number of aromatic nitrogens is 2. The fourth-order valence-corrected chi connectivity index (χ4v) is 3.94. The lowest BCUT2D eigenvalue weighted by molar-refractivity contribution is -0.121. The van der Waals surface area contributed by atoms with Gasteiger partial charge in [-0.25, -0.2) is 0 Å². The maximum atomic E-state index is 13.3. The van der Waals surface area contributed by atoms with Crippen LogP contribution in [0.1, 0.15) is 35.1 Å². The van der Waals surface area contributed by atoms with Crippen molar-refractivity contribution < 1.29 is 24.9 Å². The molecule has 0 fully saturated rings. The first-order valence-corrected chi connectivity index (χ1v) is 10.9. The summed E-state index contributed by atoms with van der Waals surface area (Å²) in [6, 6.07) is 17.9. The zero-order valence-corrected chi connectivity index (χ0v) is 19.0. The molecule has 4 aromatic rings. The summed E-state index contributed by atoms with van der Waals surface area (Å²) in [5.74, 6) is -1.09. The number of fused-ring (bicyclic) bond motifs is 1. The first kappa shape index (κ1) is 23.8. The smallest absolute Gasteiger partial charge is 0.265 e. The van der Waals surface area contributed by atoms with Gasteiger partial charge >= 0.3 is 0 Å². The van der Waals surface area contributed by atoms with Gasteiger partial charge in [0, 0.05) is 25.1 Å². The third-order valence-electron chi connectivity index (χ3n) is 5.75. The Bertz CT molecular complexity index is 1400. The highest BCUT2D eigenvalue weighted by molar-refractivity contribution is 5.77. The minimum absolute atomic E-state index is 0.00667. The molecule has 35 heavy (non-hydrogen) atoms. The molecule has 0 aliphatic heterocycles. The Kier molecular flexibility index (Phi) is 6.98. The van der Waals surface area contributed by atoms with E-state index in [2.05, 4.69) is 10.3 Å². The molecular formula is C26H25N3O6. The van der Waals surface area contributed by atoms with Crippen LogP contribution in [0, 0.1) is 0 Å². The number of carbonyl (C=O) groups is 1. The summed E-state index contributed by atoms with van der Waals surface area (Å²) in [5.41, 5.74) is 0.848. The number of nitrogens with one attached hydrogen (secondary N) is 1. The fourth-order valence-electron chi connectivity index (χ4n) is 3.94. The van der Waals surface area contributed by atoms with Crippen molar-refractivity contribution in [2.45, 2.75) is 18.4 Å². The maximum Gasteiger partial charge on any atom is 0.265 e. The summed E-state index contributed by atoms with van der Waals surface area (Å²) in [6.07, 6.45) is 0.333. The molecule has 4 rings (SSSR count). The van der Waals surface area contributed by atoms with Crippen LogP contribution in [0.3, 0.4) is 0 Å². The molecule has 0 spiro atoms. The Hall–Kier alpha value is -4.37. The average Bonchev–Trinajstić information content (AvgIpc) is 2.86. The number of aliphatic hydroxyl groups excluding tert-OH is 1. The van der Waals surface area contributed by atoms with Crippen molar-refractivity contribution >= 4 is 11.6 Å². The van der Waals surface area contributed by atoms with Crippen LogP contribution in [-0.4, -0.2) is 44.3 Å². The highest BCUT2D eigenvalue weighted by atomic mass is 16.5. The van der Waals surface area contributed by atoms with Crippen LogP contribution in [0.4, 0.5) is 0 Å². The van der Waals surface area contributed by atoms with Crippen LogP contribution in [-0.2, 0) is 4.79 Å². The first-order chi connectivity index (χ1) is 16.9. The van der Waals surface area contributed by atoms with E-state index in [1.807, 2.05) is 0 Å². The van der Waals surface area contributed by atoms with E-state index < -0.39 is 29.4 Å². The number of phenols is 1. The number of hydrogen-bond donors (Lipinski definition) is 4. The lowest BCUT2D eigenvalue weighted by atomic mass is 9.89. The van der Waals surface area contributed by atoms with Gasteiger partial charge in [0.15, 0.2) is 0 Å². The van der Waals surface area contributed by atoms with Gasteiger partial charge in [0.25, 0.3) is 5.56 Å². The van der Waals surface area contributed by atoms with Gasteiger partial charge in [-0.1, -0.05) is 30.3 Å². The Morgan fingerprint density at radius 3 is 2.54 bits per heavy atom. The molecule has 180 valence electrons. The monoisotopic (exact) mass is 475 g/mol. The van der Waals surface area contributed by atoms with Crippen LogP contribution in [0.25, 0.3) is 5.65 Å². The zero-order chi connectivity index (χ0) is 24.9. The first-order valence-electron chi connectivity index (χ1n) is 10.9. The average molecular weight is 476 g/mol. The Labute approximate surface area is 200 Å². The highest BCUT2D eigenvalue weighted by Gasteiger charge is 2.27. The van der Waals surface area contributed by atoms with Gasteiger partial charge in [-0.3, -0.25) is 14.0 Å². The van der Waals surface area contributed by atoms with Gasteiger partial charge < -0.3 is 25.4 Å². The van der Waals surface area contributed by atoms with Crippen molar-refractivity contribution in [3.05, 3.63) is 100.0 Å². The van der Waals surface area contributed by atoms with Gasteiger partial charge in [-0.2, -0.15) is 4.98 Å². The summed E-state index contributed by atoms with van der Waals surface area (Å²) >= 11 is 0. The summed E-state index contributed by atoms with van der Waals surface area (Å²) in [6.45, 7) is -0.0987. The quantitative estimate of drug-likeness (QED) is 0.308. The molecule has 1 amide bonds. The predicted octanol–water partition coefficient (Wildman–Crippen LogP) is 2.49. The SMILES string of the molecule is COc1ccc(C(CC(=O)NCC(O)c2cccc(O)c2)c2c(O)nc3ccccn3c2=O)cc1. The van der Waals surface area contributed by atoms with Crippen LogP contribution in [0.15, 0.2) is 77.7 Å². The number of nitrogens with zero attached hydrogens (tertiary/aromatic N) is 2. The standard InChI is InChI=1S/C26H25N3O6/c1-35-19-10-8-16(9-11-19)20(24-25(33)28-22-7-2-3-12-29(22)26(24)34)14-23(32)27-15-21(31)17-5-4-6-18(30)13-17/h2-13,20-21,30-31,33H,14-15H2,1H3,(H,27,32). The van der Waals surface area contributed by atoms with Crippen LogP contribution >= 0.6 is 0 Å². The number of ether oxygens (including phenoxy) is 1. The van der Waals surface area contributed by atoms with Gasteiger partial charge in [0.05, 0.1) is 18.8 Å². The predicted molar refractivity (Wildman–Crippen MR) is 129 cm³/mol. The second-order valence-corrected chi connectivity index (χ2v) is 8.03. The van der Waals surface area contributed by atoms with Crippen LogP contribution in [0.2, 0.25) is 0 Å². The van der Waals surface area contributed by atoms with Crippen molar-refractivity contribution in [3.8, 4) is 17.4 Å². The second kappa shape index (κ2) is 10.3. The van der Waals surface area contributed by atoms with E-state index >= 15 is 0 Å². The summed E-state index contributed by atoms with van der Waals surface area (Å²) in [7, 11) is 1.53. The van der Waals surface area contributed by atoms with E-state index in [1.165, 1.54) is 23.6 Å². The number of rotatable bonds is 8. The molecule has 2 aromatic heterocycles. The minimum Gasteiger partial charge on any atom is -0.508 e. The topological polar surface area (TPSA) is 133 Å². The number of benzene rings is 2. The lowest BCUT2D eigenvalue weighted by Gasteiger charge is -2.19. The molecule has 9 nitrogen and oxygen atoms in total. The van der Waals surface area contributed by atoms with Crippen molar-refractivity contribution in [1.82, 2.24) is 14.7 Å². The number of phenolic OH excluding ortho intramolecular Hbond substituents is 1. The molecule has 0 radical (unpaired) electrons. The fraction of sp³-hybridized carbons (Fsp3) is 0.192. The van der Waals surface area contributed by atoms with Crippen molar-refractivity contribution in [1.29, 1.82) is 0 Å². The van der Waals surface area contributed by atoms with E-state index in [1.54, 1.807) is 60.8 Å². The number of aromatic hydroxyl groups is 2. The third-order valence-corrected chi connectivity index (χ3v) is 5.75. The molecule has 0 saturated carbocycles. The molecule has 0 bridgehead atoms. The molecule has 0 aliphatic rings. The number of hydrogen-bond acceptors (Lipinski definition) is 7. The maximum absolute atomic E-state index is 13.3. The van der Waals surface area contributed by atoms with Crippen molar-refractivity contribution in [3.63, 3.8) is 0 Å². The minimum atomic E-state index is -1.04. The largest absolute Gasteiger partial charge is 0.508 e. The van der Waals surface area contributed by atoms with Crippen LogP contribution in [0.5, 0.6) is 17.4 Å². The Morgan fingerprint density at radius 2 is 1.83 bits per heavy atom. The molecule has 0 saturated heterocycles. The van der Waals surface area contributed by atoms with Crippen molar-refractivity contribution in [2.75, 3.05) is 13.7 Å². The molecule has 2 unspecified atom stereocenters. The summed E-state index contributed by atoms with van der Waals surface area (Å²) in [5, 5.41) is 33.3. The number of amides is 1. The van der Waals surface area contributed by atoms with Gasteiger partial charge in [-0.15, -0.1) is 0 Å². The van der Waals surface area contributed by atoms with E-state index in [4.69, 9.17) is 4.74 Å². The molecule has 4 N–H and O–H groups in total. The summed E-state index contributed by atoms with van der Waals surface area (Å²) in [4.78, 5) is 30.3. The Morgan fingerprint density at radius 1 is 1.06 bits per heavy atom. The van der Waals surface area contributed by atoms with E-state index in [9.17, 15) is 24.9 Å². The zero-order valence-electron chi connectivity index (χ0n) is 19.0. The van der Waals surface area contributed by atoms with Crippen molar-refractivity contribution in [2.24, 2.45) is 0 Å².